The van der Waals surface area contributed by atoms with Crippen LogP contribution in [0.4, 0.5) is 0 Å². The molecule has 0 N–H and O–H groups in total. The number of Topliss-reactive ketones (excluding diaryl/α,β-unsaturated/α-hetero) is 1. The van der Waals surface area contributed by atoms with Crippen LogP contribution in [0, 0.1) is 5.92 Å². The third-order valence-corrected chi connectivity index (χ3v) is 9.23. The summed E-state index contributed by atoms with van der Waals surface area (Å²) in [5, 5.41) is 1.74. The van der Waals surface area contributed by atoms with Crippen LogP contribution in [0.2, 0.25) is 0 Å². The molecular weight excluding hydrogens is 616 g/mol. The lowest BCUT2D eigenvalue weighted by atomic mass is 9.81. The molecule has 0 saturated carbocycles. The van der Waals surface area contributed by atoms with Gasteiger partial charge in [0.15, 0.2) is 23.0 Å². The van der Waals surface area contributed by atoms with E-state index in [1.807, 2.05) is 38.1 Å². The number of ketones is 1. The lowest BCUT2D eigenvalue weighted by Gasteiger charge is -2.37. The topological polar surface area (TPSA) is 116 Å². The van der Waals surface area contributed by atoms with Gasteiger partial charge in [0.25, 0.3) is 0 Å². The van der Waals surface area contributed by atoms with Crippen LogP contribution < -0.4 is 34.0 Å². The third-order valence-electron chi connectivity index (χ3n) is 9.23. The minimum Gasteiger partial charge on any atom is -0.493 e. The fourth-order valence-corrected chi connectivity index (χ4v) is 6.71. The molecule has 3 atom stereocenters. The van der Waals surface area contributed by atoms with E-state index in [9.17, 15) is 9.59 Å². The maximum atomic E-state index is 13.5. The number of ether oxygens (including phenoxy) is 6. The van der Waals surface area contributed by atoms with Gasteiger partial charge in [0.2, 0.25) is 0 Å². The van der Waals surface area contributed by atoms with E-state index in [1.165, 1.54) is 6.07 Å². The Balaban J connectivity index is 0.000000166. The molecule has 5 heterocycles. The molecule has 0 spiro atoms. The van der Waals surface area contributed by atoms with Gasteiger partial charge in [-0.3, -0.25) is 4.79 Å². The number of carbonyl (C=O) groups is 1. The molecule has 8 rings (SSSR count). The number of fused-ring (bicyclic) bond motifs is 8. The van der Waals surface area contributed by atoms with Gasteiger partial charge in [-0.15, -0.1) is 0 Å². The highest BCUT2D eigenvalue weighted by molar-refractivity contribution is 6.06. The maximum absolute atomic E-state index is 13.5. The molecular formula is C38H38O10. The van der Waals surface area contributed by atoms with E-state index in [4.69, 9.17) is 37.3 Å². The Hall–Kier alpha value is -5.12. The van der Waals surface area contributed by atoms with Gasteiger partial charge in [0, 0.05) is 47.1 Å². The minimum atomic E-state index is -0.438. The highest BCUT2D eigenvalue weighted by atomic mass is 16.5. The van der Waals surface area contributed by atoms with Gasteiger partial charge in [-0.05, 0) is 36.2 Å². The molecule has 0 saturated heterocycles. The second kappa shape index (κ2) is 12.2. The predicted octanol–water partition coefficient (Wildman–Crippen LogP) is 7.45. The zero-order chi connectivity index (χ0) is 33.9. The standard InChI is InChI=1S/C23H24O6.C15H14O4/c1-11(2)16-8-14-15(28-16)6-5-12-22(24)21-13-7-18(25-3)19(26-4)9-17(13)27-10-20(21)29-23(12)14;1-8(2)14-15(17-3)10-6-9-4-5-13(16)18-11(9)7-12(10)19-14/h5-7,9,11,16,20-21H,8,10H2,1-4H3;4-8H,1-3H3. The second-order valence-electron chi connectivity index (χ2n) is 12.9. The normalized spacial score (nSPS) is 18.9. The SMILES string of the molecule is COc1c(C(C)C)oc2cc3oc(=O)ccc3cc12.COc1cc2c(cc1OC)C1C(=O)c3ccc4c(c3OC1CO2)CC(C(C)C)O4. The fraction of sp³-hybridized carbons (Fsp3) is 0.368. The van der Waals surface area contributed by atoms with Gasteiger partial charge in [-0.25, -0.2) is 4.79 Å². The summed E-state index contributed by atoms with van der Waals surface area (Å²) in [5.41, 5.74) is 3.20. The molecule has 0 amide bonds. The Morgan fingerprint density at radius 3 is 2.27 bits per heavy atom. The summed E-state index contributed by atoms with van der Waals surface area (Å²) in [7, 11) is 4.79. The number of benzene rings is 3. The van der Waals surface area contributed by atoms with Crippen molar-refractivity contribution in [1.82, 2.24) is 0 Å². The van der Waals surface area contributed by atoms with Crippen LogP contribution in [0.15, 0.2) is 62.2 Å². The Morgan fingerprint density at radius 1 is 0.792 bits per heavy atom. The molecule has 48 heavy (non-hydrogen) atoms. The van der Waals surface area contributed by atoms with Crippen LogP contribution in [-0.2, 0) is 6.42 Å². The van der Waals surface area contributed by atoms with E-state index >= 15 is 0 Å². The first-order valence-electron chi connectivity index (χ1n) is 16.1. The molecule has 250 valence electrons. The molecule has 0 aliphatic carbocycles. The lowest BCUT2D eigenvalue weighted by Crippen LogP contribution is -2.43. The minimum absolute atomic E-state index is 0.0452. The number of hydrogen-bond donors (Lipinski definition) is 0. The van der Waals surface area contributed by atoms with Gasteiger partial charge >= 0.3 is 5.63 Å². The summed E-state index contributed by atoms with van der Waals surface area (Å²) >= 11 is 0. The Morgan fingerprint density at radius 2 is 1.56 bits per heavy atom. The quantitative estimate of drug-likeness (QED) is 0.177. The molecule has 3 unspecified atom stereocenters. The van der Waals surface area contributed by atoms with Gasteiger partial charge in [0.05, 0.1) is 38.2 Å². The first-order chi connectivity index (χ1) is 23.1. The number of hydrogen-bond acceptors (Lipinski definition) is 10. The van der Waals surface area contributed by atoms with Gasteiger partial charge in [-0.2, -0.15) is 0 Å². The smallest absolute Gasteiger partial charge is 0.336 e. The van der Waals surface area contributed by atoms with Crippen LogP contribution >= 0.6 is 0 Å². The Kier molecular flexibility index (Phi) is 7.97. The lowest BCUT2D eigenvalue weighted by molar-refractivity contribution is 0.0554. The first-order valence-corrected chi connectivity index (χ1v) is 16.1. The zero-order valence-corrected chi connectivity index (χ0v) is 28.0. The third kappa shape index (κ3) is 5.19. The van der Waals surface area contributed by atoms with Crippen LogP contribution in [0.3, 0.4) is 0 Å². The van der Waals surface area contributed by atoms with Crippen molar-refractivity contribution in [3.05, 3.63) is 81.4 Å². The fourth-order valence-electron chi connectivity index (χ4n) is 6.71. The van der Waals surface area contributed by atoms with Crippen molar-refractivity contribution in [2.24, 2.45) is 5.92 Å². The maximum Gasteiger partial charge on any atom is 0.336 e. The molecule has 5 aromatic rings. The zero-order valence-electron chi connectivity index (χ0n) is 28.0. The van der Waals surface area contributed by atoms with Crippen molar-refractivity contribution >= 4 is 27.7 Å². The summed E-state index contributed by atoms with van der Waals surface area (Å²) in [6.07, 6.45) is 0.474. The molecule has 0 fully saturated rings. The summed E-state index contributed by atoms with van der Waals surface area (Å²) in [6, 6.07) is 14.1. The monoisotopic (exact) mass is 654 g/mol. The molecule has 0 bridgehead atoms. The summed E-state index contributed by atoms with van der Waals surface area (Å²) in [5.74, 6) is 5.01. The van der Waals surface area contributed by atoms with E-state index in [0.717, 1.165) is 45.6 Å². The summed E-state index contributed by atoms with van der Waals surface area (Å²) in [4.78, 5) is 24.8. The highest BCUT2D eigenvalue weighted by Crippen LogP contribution is 2.50. The Labute approximate surface area is 277 Å². The first kappa shape index (κ1) is 31.5. The molecule has 3 aromatic carbocycles. The average Bonchev–Trinajstić information content (AvgIpc) is 3.69. The molecule has 3 aliphatic heterocycles. The largest absolute Gasteiger partial charge is 0.493 e. The van der Waals surface area contributed by atoms with Crippen molar-refractivity contribution in [2.75, 3.05) is 27.9 Å². The van der Waals surface area contributed by atoms with Crippen molar-refractivity contribution < 1.29 is 42.1 Å². The Bertz CT molecular complexity index is 2100. The van der Waals surface area contributed by atoms with Gasteiger partial charge in [0.1, 0.15) is 53.0 Å². The molecule has 2 aromatic heterocycles. The average molecular weight is 655 g/mol. The van der Waals surface area contributed by atoms with Crippen LogP contribution in [0.25, 0.3) is 21.9 Å². The molecule has 3 aliphatic rings. The van der Waals surface area contributed by atoms with E-state index < -0.39 is 5.92 Å². The van der Waals surface area contributed by atoms with Crippen molar-refractivity contribution in [3.63, 3.8) is 0 Å². The second-order valence-corrected chi connectivity index (χ2v) is 12.9. The molecule has 0 radical (unpaired) electrons. The highest BCUT2D eigenvalue weighted by Gasteiger charge is 2.45. The van der Waals surface area contributed by atoms with Crippen LogP contribution in [-0.4, -0.2) is 45.9 Å². The van der Waals surface area contributed by atoms with Gasteiger partial charge < -0.3 is 37.3 Å². The van der Waals surface area contributed by atoms with E-state index in [-0.39, 0.29) is 29.5 Å². The van der Waals surface area contributed by atoms with E-state index in [2.05, 4.69) is 13.8 Å². The predicted molar refractivity (Wildman–Crippen MR) is 179 cm³/mol. The molecule has 10 heteroatoms. The number of rotatable bonds is 5. The van der Waals surface area contributed by atoms with Crippen molar-refractivity contribution in [1.29, 1.82) is 0 Å². The van der Waals surface area contributed by atoms with Gasteiger partial charge in [-0.1, -0.05) is 27.7 Å². The van der Waals surface area contributed by atoms with Crippen LogP contribution in [0.5, 0.6) is 34.5 Å². The summed E-state index contributed by atoms with van der Waals surface area (Å²) < 4.78 is 45.6. The van der Waals surface area contributed by atoms with Crippen molar-refractivity contribution in [2.45, 2.75) is 58.2 Å². The molecule has 10 nitrogen and oxygen atoms in total. The van der Waals surface area contributed by atoms with E-state index in [0.29, 0.717) is 52.3 Å². The number of carbonyl (C=O) groups excluding carboxylic acids is 1. The number of methoxy groups -OCH3 is 3. The van der Waals surface area contributed by atoms with Crippen LogP contribution in [0.1, 0.15) is 66.8 Å². The van der Waals surface area contributed by atoms with E-state index in [1.54, 1.807) is 39.5 Å². The number of furan rings is 1. The van der Waals surface area contributed by atoms with Crippen molar-refractivity contribution in [3.8, 4) is 34.5 Å². The summed E-state index contributed by atoms with van der Waals surface area (Å²) in [6.45, 7) is 8.66.